The quantitative estimate of drug-likeness (QED) is 0.733. The van der Waals surface area contributed by atoms with Crippen LogP contribution in [0.15, 0.2) is 24.8 Å². The van der Waals surface area contributed by atoms with Crippen LogP contribution >= 0.6 is 0 Å². The van der Waals surface area contributed by atoms with Gasteiger partial charge in [0.2, 0.25) is 5.91 Å². The van der Waals surface area contributed by atoms with Gasteiger partial charge in [0.25, 0.3) is 5.91 Å². The Bertz CT molecular complexity index is 637. The first-order chi connectivity index (χ1) is 12.1. The van der Waals surface area contributed by atoms with E-state index in [4.69, 9.17) is 9.47 Å². The molecule has 6 heteroatoms. The third kappa shape index (κ3) is 4.75. The van der Waals surface area contributed by atoms with E-state index in [0.717, 1.165) is 31.5 Å². The molecule has 0 spiro atoms. The molecule has 0 saturated carbocycles. The Morgan fingerprint density at radius 3 is 2.56 bits per heavy atom. The van der Waals surface area contributed by atoms with Gasteiger partial charge in [-0.1, -0.05) is 6.08 Å². The van der Waals surface area contributed by atoms with Crippen molar-refractivity contribution in [2.45, 2.75) is 25.7 Å². The third-order valence-electron chi connectivity index (χ3n) is 4.27. The van der Waals surface area contributed by atoms with Crippen molar-refractivity contribution in [2.24, 2.45) is 0 Å². The molecule has 25 heavy (non-hydrogen) atoms. The van der Waals surface area contributed by atoms with E-state index in [0.29, 0.717) is 36.4 Å². The van der Waals surface area contributed by atoms with Crippen molar-refractivity contribution in [2.75, 3.05) is 33.9 Å². The number of amides is 2. The molecule has 1 aromatic rings. The second-order valence-electron chi connectivity index (χ2n) is 5.96. The van der Waals surface area contributed by atoms with Crippen molar-refractivity contribution in [1.82, 2.24) is 10.2 Å². The summed E-state index contributed by atoms with van der Waals surface area (Å²) in [4.78, 5) is 26.3. The van der Waals surface area contributed by atoms with Gasteiger partial charge in [-0.2, -0.15) is 0 Å². The highest BCUT2D eigenvalue weighted by molar-refractivity contribution is 5.95. The van der Waals surface area contributed by atoms with Crippen LogP contribution in [0, 0.1) is 0 Å². The van der Waals surface area contributed by atoms with Crippen molar-refractivity contribution in [3.8, 4) is 11.5 Å². The number of hydrogen-bond acceptors (Lipinski definition) is 4. The van der Waals surface area contributed by atoms with E-state index < -0.39 is 0 Å². The molecule has 1 aromatic carbocycles. The Morgan fingerprint density at radius 2 is 1.96 bits per heavy atom. The molecule has 0 bridgehead atoms. The normalized spacial score (nSPS) is 13.4. The van der Waals surface area contributed by atoms with Crippen LogP contribution in [0.1, 0.15) is 35.2 Å². The maximum Gasteiger partial charge on any atom is 0.251 e. The largest absolute Gasteiger partial charge is 0.493 e. The zero-order valence-corrected chi connectivity index (χ0v) is 15.0. The van der Waals surface area contributed by atoms with E-state index in [1.54, 1.807) is 25.3 Å². The molecule has 136 valence electrons. The zero-order valence-electron chi connectivity index (χ0n) is 15.0. The number of rotatable bonds is 8. The summed E-state index contributed by atoms with van der Waals surface area (Å²) < 4.78 is 10.7. The number of hydrogen-bond donors (Lipinski definition) is 1. The molecule has 0 atom stereocenters. The topological polar surface area (TPSA) is 67.9 Å². The van der Waals surface area contributed by atoms with Crippen molar-refractivity contribution < 1.29 is 19.1 Å². The maximum absolute atomic E-state index is 12.4. The summed E-state index contributed by atoms with van der Waals surface area (Å²) >= 11 is 0. The lowest BCUT2D eigenvalue weighted by Gasteiger charge is -2.16. The second-order valence-corrected chi connectivity index (χ2v) is 5.96. The molecule has 1 saturated heterocycles. The Labute approximate surface area is 148 Å². The van der Waals surface area contributed by atoms with Crippen LogP contribution in [0.3, 0.4) is 0 Å². The Kier molecular flexibility index (Phi) is 6.86. The molecular formula is C19H26N2O4. The van der Waals surface area contributed by atoms with Crippen molar-refractivity contribution in [3.63, 3.8) is 0 Å². The number of nitrogens with one attached hydrogen (secondary N) is 1. The van der Waals surface area contributed by atoms with Crippen molar-refractivity contribution in [3.05, 3.63) is 35.9 Å². The van der Waals surface area contributed by atoms with Gasteiger partial charge < -0.3 is 19.7 Å². The first-order valence-corrected chi connectivity index (χ1v) is 8.52. The van der Waals surface area contributed by atoms with Gasteiger partial charge in [0, 0.05) is 37.2 Å². The van der Waals surface area contributed by atoms with Crippen LogP contribution < -0.4 is 14.8 Å². The zero-order chi connectivity index (χ0) is 18.2. The van der Waals surface area contributed by atoms with E-state index in [1.807, 2.05) is 4.90 Å². The highest BCUT2D eigenvalue weighted by atomic mass is 16.5. The van der Waals surface area contributed by atoms with Crippen LogP contribution in [0.25, 0.3) is 0 Å². The molecule has 0 unspecified atom stereocenters. The van der Waals surface area contributed by atoms with Crippen LogP contribution in [-0.2, 0) is 11.2 Å². The summed E-state index contributed by atoms with van der Waals surface area (Å²) in [7, 11) is 3.10. The van der Waals surface area contributed by atoms with E-state index >= 15 is 0 Å². The van der Waals surface area contributed by atoms with Crippen LogP contribution in [0.4, 0.5) is 0 Å². The fraction of sp³-hybridized carbons (Fsp3) is 0.474. The van der Waals surface area contributed by atoms with Gasteiger partial charge in [0.05, 0.1) is 14.2 Å². The fourth-order valence-corrected chi connectivity index (χ4v) is 2.99. The smallest absolute Gasteiger partial charge is 0.251 e. The Balaban J connectivity index is 2.01. The van der Waals surface area contributed by atoms with Gasteiger partial charge in [0.1, 0.15) is 0 Å². The fourth-order valence-electron chi connectivity index (χ4n) is 2.99. The van der Waals surface area contributed by atoms with Crippen LogP contribution in [0.2, 0.25) is 0 Å². The van der Waals surface area contributed by atoms with E-state index in [9.17, 15) is 9.59 Å². The molecule has 2 amide bonds. The molecule has 1 aliphatic heterocycles. The summed E-state index contributed by atoms with van der Waals surface area (Å²) in [5.41, 5.74) is 1.30. The Morgan fingerprint density at radius 1 is 1.24 bits per heavy atom. The molecular weight excluding hydrogens is 320 g/mol. The first kappa shape index (κ1) is 18.8. The minimum atomic E-state index is -0.236. The average Bonchev–Trinajstić information content (AvgIpc) is 3.15. The van der Waals surface area contributed by atoms with E-state index in [1.165, 1.54) is 7.11 Å². The van der Waals surface area contributed by atoms with Gasteiger partial charge in [0.15, 0.2) is 11.5 Å². The Hall–Kier alpha value is -2.50. The molecule has 1 N–H and O–H groups in total. The van der Waals surface area contributed by atoms with Gasteiger partial charge >= 0.3 is 0 Å². The number of ether oxygens (including phenoxy) is 2. The molecule has 1 heterocycles. The lowest BCUT2D eigenvalue weighted by molar-refractivity contribution is -0.129. The number of nitrogens with zero attached hydrogens (tertiary/aromatic N) is 1. The molecule has 0 aromatic heterocycles. The number of benzene rings is 1. The number of methoxy groups -OCH3 is 2. The molecule has 0 radical (unpaired) electrons. The van der Waals surface area contributed by atoms with Gasteiger partial charge in [-0.15, -0.1) is 6.58 Å². The standard InChI is InChI=1S/C19H26N2O4/c1-4-7-14-12-15(13-16(24-2)18(14)25-3)19(23)20-9-8-17(22)21-10-5-6-11-21/h4,12-13H,1,5-11H2,2-3H3,(H,20,23). The van der Waals surface area contributed by atoms with E-state index in [-0.39, 0.29) is 11.8 Å². The SMILES string of the molecule is C=CCc1cc(C(=O)NCCC(=O)N2CCCC2)cc(OC)c1OC. The predicted molar refractivity (Wildman–Crippen MR) is 96.2 cm³/mol. The summed E-state index contributed by atoms with van der Waals surface area (Å²) in [6.07, 6.45) is 4.76. The number of likely N-dealkylation sites (tertiary alicyclic amines) is 1. The van der Waals surface area contributed by atoms with Crippen LogP contribution in [-0.4, -0.2) is 50.6 Å². The summed E-state index contributed by atoms with van der Waals surface area (Å²) in [6, 6.07) is 3.41. The molecule has 1 fully saturated rings. The van der Waals surface area contributed by atoms with Gasteiger partial charge in [-0.3, -0.25) is 9.59 Å². The molecule has 6 nitrogen and oxygen atoms in total. The average molecular weight is 346 g/mol. The number of carbonyl (C=O) groups is 2. The van der Waals surface area contributed by atoms with Crippen molar-refractivity contribution >= 4 is 11.8 Å². The maximum atomic E-state index is 12.4. The van der Waals surface area contributed by atoms with E-state index in [2.05, 4.69) is 11.9 Å². The first-order valence-electron chi connectivity index (χ1n) is 8.52. The second kappa shape index (κ2) is 9.11. The highest BCUT2D eigenvalue weighted by Gasteiger charge is 2.19. The predicted octanol–water partition coefficient (Wildman–Crippen LogP) is 2.17. The summed E-state index contributed by atoms with van der Waals surface area (Å²) in [5.74, 6) is 0.959. The van der Waals surface area contributed by atoms with Crippen molar-refractivity contribution in [1.29, 1.82) is 0 Å². The van der Waals surface area contributed by atoms with Gasteiger partial charge in [-0.05, 0) is 31.4 Å². The number of carbonyl (C=O) groups excluding carboxylic acids is 2. The lowest BCUT2D eigenvalue weighted by atomic mass is 10.0. The lowest BCUT2D eigenvalue weighted by Crippen LogP contribution is -2.32. The molecule has 2 rings (SSSR count). The third-order valence-corrected chi connectivity index (χ3v) is 4.27. The summed E-state index contributed by atoms with van der Waals surface area (Å²) in [6.45, 7) is 5.70. The number of allylic oxidation sites excluding steroid dienone is 1. The van der Waals surface area contributed by atoms with Gasteiger partial charge in [-0.25, -0.2) is 0 Å². The molecule has 1 aliphatic rings. The summed E-state index contributed by atoms with van der Waals surface area (Å²) in [5, 5.41) is 2.80. The molecule has 0 aliphatic carbocycles. The minimum Gasteiger partial charge on any atom is -0.493 e. The monoisotopic (exact) mass is 346 g/mol. The van der Waals surface area contributed by atoms with Crippen LogP contribution in [0.5, 0.6) is 11.5 Å². The highest BCUT2D eigenvalue weighted by Crippen LogP contribution is 2.33. The minimum absolute atomic E-state index is 0.0949.